The Morgan fingerprint density at radius 2 is 2.03 bits per heavy atom. The molecule has 0 saturated carbocycles. The number of nitrogens with one attached hydrogen (secondary N) is 1. The smallest absolute Gasteiger partial charge is 0.405 e. The van der Waals surface area contributed by atoms with E-state index in [0.29, 0.717) is 28.8 Å². The first kappa shape index (κ1) is 22.4. The molecule has 1 aliphatic rings. The number of rotatable bonds is 3. The van der Waals surface area contributed by atoms with Crippen LogP contribution in [0.4, 0.5) is 9.18 Å². The third-order valence-electron chi connectivity index (χ3n) is 6.30. The fourth-order valence-electron chi connectivity index (χ4n) is 4.92. The molecular weight excluding hydrogens is 447 g/mol. The van der Waals surface area contributed by atoms with Gasteiger partial charge in [-0.15, -0.1) is 0 Å². The predicted octanol–water partition coefficient (Wildman–Crippen LogP) is 4.08. The van der Waals surface area contributed by atoms with E-state index in [1.165, 1.54) is 22.8 Å². The Bertz CT molecular complexity index is 1610. The maximum Gasteiger partial charge on any atom is 0.405 e. The molecule has 0 saturated heterocycles. The van der Waals surface area contributed by atoms with Crippen molar-refractivity contribution in [3.05, 3.63) is 92.9 Å². The van der Waals surface area contributed by atoms with Crippen LogP contribution in [-0.2, 0) is 19.9 Å². The first-order chi connectivity index (χ1) is 16.8. The zero-order valence-electron chi connectivity index (χ0n) is 19.3. The summed E-state index contributed by atoms with van der Waals surface area (Å²) in [4.78, 5) is 25.6. The summed E-state index contributed by atoms with van der Waals surface area (Å²) in [6.45, 7) is 1.70. The van der Waals surface area contributed by atoms with Crippen molar-refractivity contribution in [2.75, 3.05) is 0 Å². The normalized spacial score (nSPS) is 13.2. The second-order valence-electron chi connectivity index (χ2n) is 8.68. The summed E-state index contributed by atoms with van der Waals surface area (Å²) >= 11 is 0. The Kier molecular flexibility index (Phi) is 5.61. The molecule has 4 aromatic rings. The van der Waals surface area contributed by atoms with Crippen molar-refractivity contribution in [2.24, 2.45) is 7.05 Å². The van der Waals surface area contributed by atoms with Gasteiger partial charge in [-0.3, -0.25) is 14.0 Å². The quantitative estimate of drug-likeness (QED) is 0.442. The molecule has 176 valence electrons. The van der Waals surface area contributed by atoms with E-state index in [2.05, 4.69) is 22.3 Å². The Hall–Kier alpha value is -4.38. The van der Waals surface area contributed by atoms with Crippen LogP contribution in [0.15, 0.2) is 53.6 Å². The lowest BCUT2D eigenvalue weighted by Gasteiger charge is -2.27. The van der Waals surface area contributed by atoms with Crippen molar-refractivity contribution in [3.8, 4) is 17.5 Å². The van der Waals surface area contributed by atoms with Crippen LogP contribution < -0.4 is 10.9 Å². The molecule has 35 heavy (non-hydrogen) atoms. The minimum atomic E-state index is -1.20. The molecule has 2 heterocycles. The van der Waals surface area contributed by atoms with Crippen molar-refractivity contribution in [1.29, 1.82) is 0 Å². The number of halogens is 1. The van der Waals surface area contributed by atoms with Gasteiger partial charge in [0.1, 0.15) is 5.82 Å². The highest BCUT2D eigenvalue weighted by molar-refractivity contribution is 5.94. The number of aromatic nitrogens is 3. The molecule has 2 N–H and O–H groups in total. The first-order valence-corrected chi connectivity index (χ1v) is 11.3. The third kappa shape index (κ3) is 4.06. The van der Waals surface area contributed by atoms with Crippen LogP contribution >= 0.6 is 0 Å². The van der Waals surface area contributed by atoms with Crippen LogP contribution in [0.1, 0.15) is 47.3 Å². The summed E-state index contributed by atoms with van der Waals surface area (Å²) in [5.41, 5.74) is 3.70. The standard InChI is InChI=1S/C27H23FN4O3/c1-16(30-27(34)35)25-22-8-3-5-18-11-12-19(10-9-17-14-29-31(2)15-17)24(23(18)22)26(33)32(25)21-7-4-6-20(28)13-21/h4,6-7,11-16,30H,3,5,8H2,1-2H3,(H,34,35)/t16-/m0/s1. The Morgan fingerprint density at radius 1 is 1.20 bits per heavy atom. The molecule has 8 heteroatoms. The summed E-state index contributed by atoms with van der Waals surface area (Å²) in [5, 5.41) is 17.3. The molecule has 0 unspecified atom stereocenters. The Balaban J connectivity index is 1.88. The third-order valence-corrected chi connectivity index (χ3v) is 6.30. The van der Waals surface area contributed by atoms with Crippen LogP contribution in [0.2, 0.25) is 0 Å². The van der Waals surface area contributed by atoms with Crippen LogP contribution in [0, 0.1) is 17.7 Å². The topological polar surface area (TPSA) is 89.2 Å². The highest BCUT2D eigenvalue weighted by Gasteiger charge is 2.27. The molecule has 1 aliphatic carbocycles. The van der Waals surface area contributed by atoms with Gasteiger partial charge in [-0.1, -0.05) is 24.0 Å². The average Bonchev–Trinajstić information content (AvgIpc) is 3.24. The van der Waals surface area contributed by atoms with Gasteiger partial charge in [-0.05, 0) is 67.0 Å². The van der Waals surface area contributed by atoms with Gasteiger partial charge in [0.25, 0.3) is 5.56 Å². The largest absolute Gasteiger partial charge is 0.465 e. The highest BCUT2D eigenvalue weighted by atomic mass is 19.1. The fraction of sp³-hybridized carbons (Fsp3) is 0.222. The summed E-state index contributed by atoms with van der Waals surface area (Å²) in [7, 11) is 1.80. The van der Waals surface area contributed by atoms with Crippen molar-refractivity contribution >= 4 is 16.9 Å². The van der Waals surface area contributed by atoms with E-state index >= 15 is 0 Å². The maximum atomic E-state index is 14.2. The molecular formula is C27H23FN4O3. The van der Waals surface area contributed by atoms with Crippen molar-refractivity contribution in [2.45, 2.75) is 32.2 Å². The summed E-state index contributed by atoms with van der Waals surface area (Å²) in [5.74, 6) is 5.72. The highest BCUT2D eigenvalue weighted by Crippen LogP contribution is 2.35. The van der Waals surface area contributed by atoms with Gasteiger partial charge in [0, 0.05) is 18.8 Å². The lowest BCUT2D eigenvalue weighted by molar-refractivity contribution is 0.190. The summed E-state index contributed by atoms with van der Waals surface area (Å²) < 4.78 is 17.3. The second-order valence-corrected chi connectivity index (χ2v) is 8.68. The minimum absolute atomic E-state index is 0.337. The van der Waals surface area contributed by atoms with Gasteiger partial charge < -0.3 is 10.4 Å². The number of nitrogens with zero attached hydrogens (tertiary/aromatic N) is 3. The zero-order chi connectivity index (χ0) is 24.7. The van der Waals surface area contributed by atoms with Gasteiger partial charge >= 0.3 is 6.09 Å². The number of carboxylic acid groups (broad SMARTS) is 1. The van der Waals surface area contributed by atoms with E-state index in [9.17, 15) is 19.1 Å². The van der Waals surface area contributed by atoms with Gasteiger partial charge in [-0.25, -0.2) is 9.18 Å². The number of amides is 1. The average molecular weight is 471 g/mol. The number of carbonyl (C=O) groups is 1. The van der Waals surface area contributed by atoms with E-state index in [1.807, 2.05) is 12.1 Å². The van der Waals surface area contributed by atoms with E-state index in [1.54, 1.807) is 37.1 Å². The van der Waals surface area contributed by atoms with Crippen LogP contribution in [0.5, 0.6) is 0 Å². The SMILES string of the molecule is C[C@H](NC(=O)O)c1c2c3c(ccc(C#Cc4cnn(C)c4)c3c(=O)n1-c1cccc(F)c1)CCC2. The molecule has 2 aromatic heterocycles. The number of hydrogen-bond donors (Lipinski definition) is 2. The van der Waals surface area contributed by atoms with Gasteiger partial charge in [0.2, 0.25) is 0 Å². The summed E-state index contributed by atoms with van der Waals surface area (Å²) in [6, 6.07) is 8.92. The molecule has 1 amide bonds. The molecule has 0 fully saturated rings. The molecule has 1 atom stereocenters. The number of pyridine rings is 1. The van der Waals surface area contributed by atoms with Crippen molar-refractivity contribution in [1.82, 2.24) is 19.7 Å². The molecule has 0 spiro atoms. The van der Waals surface area contributed by atoms with Crippen molar-refractivity contribution in [3.63, 3.8) is 0 Å². The molecule has 0 bridgehead atoms. The Labute approximate surface area is 200 Å². The number of hydrogen-bond acceptors (Lipinski definition) is 3. The predicted molar refractivity (Wildman–Crippen MR) is 130 cm³/mol. The molecule has 0 radical (unpaired) electrons. The van der Waals surface area contributed by atoms with Gasteiger partial charge in [0.05, 0.1) is 34.6 Å². The Morgan fingerprint density at radius 3 is 2.74 bits per heavy atom. The van der Waals surface area contributed by atoms with Crippen LogP contribution in [-0.4, -0.2) is 25.5 Å². The minimum Gasteiger partial charge on any atom is -0.465 e. The van der Waals surface area contributed by atoms with Crippen molar-refractivity contribution < 1.29 is 14.3 Å². The van der Waals surface area contributed by atoms with E-state index in [4.69, 9.17) is 0 Å². The second kappa shape index (κ2) is 8.76. The number of benzene rings is 2. The molecule has 5 rings (SSSR count). The van der Waals surface area contributed by atoms with Gasteiger partial charge in [-0.2, -0.15) is 5.10 Å². The lowest BCUT2D eigenvalue weighted by atomic mass is 9.85. The fourth-order valence-corrected chi connectivity index (χ4v) is 4.92. The lowest BCUT2D eigenvalue weighted by Crippen LogP contribution is -2.33. The monoisotopic (exact) mass is 470 g/mol. The maximum absolute atomic E-state index is 14.2. The van der Waals surface area contributed by atoms with E-state index < -0.39 is 18.0 Å². The van der Waals surface area contributed by atoms with E-state index in [0.717, 1.165) is 34.9 Å². The molecule has 2 aromatic carbocycles. The molecule has 0 aliphatic heterocycles. The van der Waals surface area contributed by atoms with E-state index in [-0.39, 0.29) is 5.56 Å². The summed E-state index contributed by atoms with van der Waals surface area (Å²) in [6.07, 6.45) is 4.58. The molecule has 7 nitrogen and oxygen atoms in total. The first-order valence-electron chi connectivity index (χ1n) is 11.3. The van der Waals surface area contributed by atoms with Crippen LogP contribution in [0.25, 0.3) is 16.5 Å². The zero-order valence-corrected chi connectivity index (χ0v) is 19.3. The van der Waals surface area contributed by atoms with Gasteiger partial charge in [0.15, 0.2) is 0 Å². The van der Waals surface area contributed by atoms with Crippen LogP contribution in [0.3, 0.4) is 0 Å². The number of aryl methyl sites for hydroxylation is 3.